The first-order valence-corrected chi connectivity index (χ1v) is 12.1. The number of amides is 3. The molecule has 2 fully saturated rings. The monoisotopic (exact) mass is 530 g/mol. The van der Waals surface area contributed by atoms with Gasteiger partial charge in [-0.3, -0.25) is 19.3 Å². The molecular weight excluding hydrogens is 508 g/mol. The highest BCUT2D eigenvalue weighted by molar-refractivity contribution is 9.10. The summed E-state index contributed by atoms with van der Waals surface area (Å²) >= 11 is 4.24. The van der Waals surface area contributed by atoms with Crippen molar-refractivity contribution < 1.29 is 23.9 Å². The third-order valence-electron chi connectivity index (χ3n) is 5.44. The molecule has 0 radical (unpaired) electrons. The standard InChI is InChI=1S/C24H23BrN2O5S/c1-31-19-6-4-5-17(22(19)32-15-16-7-9-18(25)10-8-16)13-20-23(29)27(24(30)33-20)14-21(28)26-11-2-3-12-26/h4-10,13H,2-3,11-12,14-15H2,1H3/b20-13-. The molecule has 0 unspecified atom stereocenters. The van der Waals surface area contributed by atoms with Gasteiger partial charge in [-0.2, -0.15) is 0 Å². The molecular formula is C24H23BrN2O5S. The molecule has 2 aliphatic heterocycles. The van der Waals surface area contributed by atoms with Crippen molar-refractivity contribution in [2.75, 3.05) is 26.7 Å². The predicted octanol–water partition coefficient (Wildman–Crippen LogP) is 4.70. The first-order chi connectivity index (χ1) is 16.0. The summed E-state index contributed by atoms with van der Waals surface area (Å²) in [4.78, 5) is 40.8. The molecule has 2 saturated heterocycles. The molecule has 0 spiro atoms. The number of nitrogens with zero attached hydrogens (tertiary/aromatic N) is 2. The normalized spacial score (nSPS) is 17.2. The van der Waals surface area contributed by atoms with Crippen molar-refractivity contribution in [1.29, 1.82) is 0 Å². The van der Waals surface area contributed by atoms with E-state index in [1.54, 1.807) is 36.3 Å². The maximum atomic E-state index is 12.9. The third kappa shape index (κ3) is 5.42. The number of thioether (sulfide) groups is 1. The number of benzene rings is 2. The van der Waals surface area contributed by atoms with Crippen molar-refractivity contribution in [3.8, 4) is 11.5 Å². The third-order valence-corrected chi connectivity index (χ3v) is 6.87. The quantitative estimate of drug-likeness (QED) is 0.483. The van der Waals surface area contributed by atoms with E-state index >= 15 is 0 Å². The molecule has 7 nitrogen and oxygen atoms in total. The number of carbonyl (C=O) groups excluding carboxylic acids is 3. The summed E-state index contributed by atoms with van der Waals surface area (Å²) in [5, 5.41) is -0.445. The number of ether oxygens (including phenoxy) is 2. The highest BCUT2D eigenvalue weighted by atomic mass is 79.9. The SMILES string of the molecule is COc1cccc(/C=C2\SC(=O)N(CC(=O)N3CCCC3)C2=O)c1OCc1ccc(Br)cc1. The number of carbonyl (C=O) groups is 3. The molecule has 0 aromatic heterocycles. The lowest BCUT2D eigenvalue weighted by molar-refractivity contribution is -0.135. The number of likely N-dealkylation sites (tertiary alicyclic amines) is 1. The van der Waals surface area contributed by atoms with Crippen LogP contribution < -0.4 is 9.47 Å². The maximum absolute atomic E-state index is 12.9. The van der Waals surface area contributed by atoms with E-state index in [2.05, 4.69) is 15.9 Å². The molecule has 2 heterocycles. The number of hydrogen-bond donors (Lipinski definition) is 0. The van der Waals surface area contributed by atoms with E-state index in [1.807, 2.05) is 24.3 Å². The Bertz CT molecular complexity index is 1100. The fourth-order valence-electron chi connectivity index (χ4n) is 3.68. The van der Waals surface area contributed by atoms with E-state index < -0.39 is 11.1 Å². The summed E-state index contributed by atoms with van der Waals surface area (Å²) in [6.07, 6.45) is 3.52. The second kappa shape index (κ2) is 10.4. The average Bonchev–Trinajstić information content (AvgIpc) is 3.44. The first-order valence-electron chi connectivity index (χ1n) is 10.5. The lowest BCUT2D eigenvalue weighted by atomic mass is 10.1. The van der Waals surface area contributed by atoms with Gasteiger partial charge in [-0.15, -0.1) is 0 Å². The van der Waals surface area contributed by atoms with E-state index in [4.69, 9.17) is 9.47 Å². The molecule has 4 rings (SSSR count). The molecule has 2 aromatic carbocycles. The summed E-state index contributed by atoms with van der Waals surface area (Å²) in [5.74, 6) is 0.322. The van der Waals surface area contributed by atoms with Gasteiger partial charge in [0.05, 0.1) is 12.0 Å². The van der Waals surface area contributed by atoms with Gasteiger partial charge in [-0.05, 0) is 54.4 Å². The second-order valence-corrected chi connectivity index (χ2v) is 9.56. The number of imide groups is 1. The van der Waals surface area contributed by atoms with Crippen LogP contribution in [-0.2, 0) is 16.2 Å². The molecule has 33 heavy (non-hydrogen) atoms. The molecule has 0 N–H and O–H groups in total. The number of para-hydroxylation sites is 1. The largest absolute Gasteiger partial charge is 0.493 e. The summed E-state index contributed by atoms with van der Waals surface area (Å²) in [6.45, 7) is 1.43. The van der Waals surface area contributed by atoms with Gasteiger partial charge in [0.25, 0.3) is 11.1 Å². The summed E-state index contributed by atoms with van der Waals surface area (Å²) < 4.78 is 12.5. The van der Waals surface area contributed by atoms with Crippen LogP contribution in [0.5, 0.6) is 11.5 Å². The lowest BCUT2D eigenvalue weighted by Gasteiger charge is -2.18. The summed E-state index contributed by atoms with van der Waals surface area (Å²) in [6, 6.07) is 13.1. The van der Waals surface area contributed by atoms with Gasteiger partial charge in [-0.25, -0.2) is 0 Å². The van der Waals surface area contributed by atoms with E-state index in [1.165, 1.54) is 0 Å². The van der Waals surface area contributed by atoms with E-state index in [9.17, 15) is 14.4 Å². The topological polar surface area (TPSA) is 76.2 Å². The zero-order valence-electron chi connectivity index (χ0n) is 18.1. The molecule has 172 valence electrons. The molecule has 0 atom stereocenters. The van der Waals surface area contributed by atoms with Gasteiger partial charge in [0.2, 0.25) is 5.91 Å². The lowest BCUT2D eigenvalue weighted by Crippen LogP contribution is -2.40. The smallest absolute Gasteiger partial charge is 0.294 e. The molecule has 0 saturated carbocycles. The van der Waals surface area contributed by atoms with Gasteiger partial charge in [-0.1, -0.05) is 40.2 Å². The van der Waals surface area contributed by atoms with E-state index in [-0.39, 0.29) is 17.4 Å². The highest BCUT2D eigenvalue weighted by Crippen LogP contribution is 2.37. The Hall–Kier alpha value is -2.78. The predicted molar refractivity (Wildman–Crippen MR) is 130 cm³/mol. The van der Waals surface area contributed by atoms with Crippen molar-refractivity contribution in [3.63, 3.8) is 0 Å². The summed E-state index contributed by atoms with van der Waals surface area (Å²) in [5.41, 5.74) is 1.58. The van der Waals surface area contributed by atoms with Gasteiger partial charge in [0.15, 0.2) is 11.5 Å². The first kappa shape index (κ1) is 23.4. The van der Waals surface area contributed by atoms with Gasteiger partial charge < -0.3 is 14.4 Å². The van der Waals surface area contributed by atoms with Crippen LogP contribution in [0.15, 0.2) is 51.8 Å². The Labute approximate surface area is 204 Å². The average molecular weight is 531 g/mol. The van der Waals surface area contributed by atoms with Crippen LogP contribution in [0.25, 0.3) is 6.08 Å². The minimum absolute atomic E-state index is 0.198. The molecule has 9 heteroatoms. The fourth-order valence-corrected chi connectivity index (χ4v) is 4.77. The van der Waals surface area contributed by atoms with Crippen molar-refractivity contribution in [2.24, 2.45) is 0 Å². The van der Waals surface area contributed by atoms with Crippen LogP contribution in [0.1, 0.15) is 24.0 Å². The molecule has 2 aromatic rings. The summed E-state index contributed by atoms with van der Waals surface area (Å²) in [7, 11) is 1.55. The van der Waals surface area contributed by atoms with Crippen LogP contribution in [0, 0.1) is 0 Å². The van der Waals surface area contributed by atoms with Gasteiger partial charge >= 0.3 is 0 Å². The Balaban J connectivity index is 1.53. The van der Waals surface area contributed by atoms with Crippen LogP contribution in [-0.4, -0.2) is 53.6 Å². The van der Waals surface area contributed by atoms with Gasteiger partial charge in [0.1, 0.15) is 13.2 Å². The number of halogens is 1. The van der Waals surface area contributed by atoms with Crippen molar-refractivity contribution in [3.05, 3.63) is 63.0 Å². The number of hydrogen-bond acceptors (Lipinski definition) is 6. The Morgan fingerprint density at radius 1 is 1.12 bits per heavy atom. The number of rotatable bonds is 7. The van der Waals surface area contributed by atoms with Crippen molar-refractivity contribution in [2.45, 2.75) is 19.4 Å². The van der Waals surface area contributed by atoms with Crippen LogP contribution in [0.4, 0.5) is 4.79 Å². The fraction of sp³-hybridized carbons (Fsp3) is 0.292. The zero-order valence-corrected chi connectivity index (χ0v) is 20.5. The molecule has 2 aliphatic rings. The van der Waals surface area contributed by atoms with Crippen molar-refractivity contribution >= 4 is 50.8 Å². The second-order valence-electron chi connectivity index (χ2n) is 7.65. The Kier molecular flexibility index (Phi) is 7.39. The maximum Gasteiger partial charge on any atom is 0.294 e. The van der Waals surface area contributed by atoms with E-state index in [0.29, 0.717) is 36.8 Å². The highest BCUT2D eigenvalue weighted by Gasteiger charge is 2.37. The molecule has 3 amide bonds. The number of methoxy groups -OCH3 is 1. The van der Waals surface area contributed by atoms with Crippen LogP contribution in [0.2, 0.25) is 0 Å². The minimum Gasteiger partial charge on any atom is -0.493 e. The van der Waals surface area contributed by atoms with E-state index in [0.717, 1.165) is 39.5 Å². The zero-order chi connectivity index (χ0) is 23.4. The Morgan fingerprint density at radius 2 is 1.85 bits per heavy atom. The van der Waals surface area contributed by atoms with Gasteiger partial charge in [0, 0.05) is 23.1 Å². The molecule has 0 bridgehead atoms. The molecule has 0 aliphatic carbocycles. The van der Waals surface area contributed by atoms with Crippen LogP contribution >= 0.6 is 27.7 Å². The minimum atomic E-state index is -0.473. The Morgan fingerprint density at radius 3 is 2.55 bits per heavy atom. The van der Waals surface area contributed by atoms with Crippen molar-refractivity contribution in [1.82, 2.24) is 9.80 Å². The van der Waals surface area contributed by atoms with Crippen LogP contribution in [0.3, 0.4) is 0 Å².